The molecule has 116 valence electrons. The van der Waals surface area contributed by atoms with Crippen molar-refractivity contribution in [1.82, 2.24) is 10.2 Å². The molecule has 0 aromatic heterocycles. The van der Waals surface area contributed by atoms with Crippen molar-refractivity contribution >= 4 is 0 Å². The first-order chi connectivity index (χ1) is 10.4. The first-order valence-corrected chi connectivity index (χ1v) is 8.52. The van der Waals surface area contributed by atoms with Crippen LogP contribution in [-0.2, 0) is 6.42 Å². The highest BCUT2D eigenvalue weighted by Gasteiger charge is 2.29. The van der Waals surface area contributed by atoms with Gasteiger partial charge in [0.25, 0.3) is 0 Å². The fourth-order valence-electron chi connectivity index (χ4n) is 3.96. The Morgan fingerprint density at radius 2 is 1.95 bits per heavy atom. The van der Waals surface area contributed by atoms with E-state index >= 15 is 0 Å². The van der Waals surface area contributed by atoms with Crippen LogP contribution in [0.1, 0.15) is 42.9 Å². The Bertz CT molecular complexity index is 443. The van der Waals surface area contributed by atoms with Crippen LogP contribution in [0.25, 0.3) is 0 Å². The van der Waals surface area contributed by atoms with Gasteiger partial charge in [0.1, 0.15) is 0 Å². The molecular weight excluding hydrogens is 260 g/mol. The van der Waals surface area contributed by atoms with Gasteiger partial charge in [0, 0.05) is 25.7 Å². The quantitative estimate of drug-likeness (QED) is 0.843. The molecule has 1 aromatic carbocycles. The van der Waals surface area contributed by atoms with Gasteiger partial charge in [-0.1, -0.05) is 24.3 Å². The van der Waals surface area contributed by atoms with Gasteiger partial charge in [-0.3, -0.25) is 4.90 Å². The maximum atomic E-state index is 9.22. The summed E-state index contributed by atoms with van der Waals surface area (Å²) in [6, 6.07) is 9.49. The second-order valence-corrected chi connectivity index (χ2v) is 6.52. The van der Waals surface area contributed by atoms with Gasteiger partial charge < -0.3 is 10.4 Å². The van der Waals surface area contributed by atoms with Crippen molar-refractivity contribution in [3.8, 4) is 0 Å². The van der Waals surface area contributed by atoms with E-state index in [-0.39, 0.29) is 0 Å². The smallest absolute Gasteiger partial charge is 0.0443 e. The molecule has 0 saturated carbocycles. The van der Waals surface area contributed by atoms with E-state index in [9.17, 15) is 5.11 Å². The highest BCUT2D eigenvalue weighted by atomic mass is 16.3. The Labute approximate surface area is 128 Å². The van der Waals surface area contributed by atoms with Crippen LogP contribution in [0.15, 0.2) is 24.3 Å². The number of benzene rings is 1. The van der Waals surface area contributed by atoms with Crippen LogP contribution in [0.5, 0.6) is 0 Å². The molecule has 1 saturated heterocycles. The lowest BCUT2D eigenvalue weighted by Gasteiger charge is -2.34. The number of aliphatic hydroxyl groups is 1. The standard InChI is InChI=1S/C18H28N2O/c21-13-3-12-20(14-15-8-10-19-11-9-15)18-7-6-16-4-1-2-5-17(16)18/h1-2,4-5,15,18-19,21H,3,6-14H2. The summed E-state index contributed by atoms with van der Waals surface area (Å²) in [7, 11) is 0. The van der Waals surface area contributed by atoms with Gasteiger partial charge >= 0.3 is 0 Å². The van der Waals surface area contributed by atoms with E-state index in [4.69, 9.17) is 0 Å². The highest BCUT2D eigenvalue weighted by Crippen LogP contribution is 2.36. The van der Waals surface area contributed by atoms with E-state index in [0.717, 1.165) is 18.9 Å². The topological polar surface area (TPSA) is 35.5 Å². The maximum absolute atomic E-state index is 9.22. The molecule has 0 amide bonds. The Balaban J connectivity index is 1.70. The monoisotopic (exact) mass is 288 g/mol. The molecule has 0 bridgehead atoms. The number of fused-ring (bicyclic) bond motifs is 1. The van der Waals surface area contributed by atoms with Crippen molar-refractivity contribution < 1.29 is 5.11 Å². The van der Waals surface area contributed by atoms with E-state index in [0.29, 0.717) is 12.6 Å². The van der Waals surface area contributed by atoms with E-state index in [1.807, 2.05) is 0 Å². The predicted octanol–water partition coefficient (Wildman–Crippen LogP) is 2.36. The van der Waals surface area contributed by atoms with E-state index in [2.05, 4.69) is 34.5 Å². The third-order valence-corrected chi connectivity index (χ3v) is 5.10. The average Bonchev–Trinajstić information content (AvgIpc) is 2.96. The van der Waals surface area contributed by atoms with E-state index in [1.54, 1.807) is 0 Å². The van der Waals surface area contributed by atoms with Crippen LogP contribution in [0.2, 0.25) is 0 Å². The number of aryl methyl sites for hydroxylation is 1. The second-order valence-electron chi connectivity index (χ2n) is 6.52. The molecule has 3 rings (SSSR count). The zero-order chi connectivity index (χ0) is 14.5. The lowest BCUT2D eigenvalue weighted by molar-refractivity contribution is 0.137. The summed E-state index contributed by atoms with van der Waals surface area (Å²) in [5.41, 5.74) is 3.06. The Hall–Kier alpha value is -0.900. The van der Waals surface area contributed by atoms with Crippen LogP contribution < -0.4 is 5.32 Å². The Kier molecular flexibility index (Phi) is 5.28. The fraction of sp³-hybridized carbons (Fsp3) is 0.667. The number of rotatable bonds is 6. The normalized spacial score (nSPS) is 22.7. The number of piperidine rings is 1. The maximum Gasteiger partial charge on any atom is 0.0443 e. The Morgan fingerprint density at radius 3 is 2.76 bits per heavy atom. The molecule has 3 nitrogen and oxygen atoms in total. The first kappa shape index (κ1) is 15.0. The zero-order valence-corrected chi connectivity index (χ0v) is 12.9. The van der Waals surface area contributed by atoms with Crippen LogP contribution >= 0.6 is 0 Å². The van der Waals surface area contributed by atoms with Gasteiger partial charge in [0.2, 0.25) is 0 Å². The molecule has 21 heavy (non-hydrogen) atoms. The second kappa shape index (κ2) is 7.39. The van der Waals surface area contributed by atoms with Crippen LogP contribution in [0.4, 0.5) is 0 Å². The molecule has 0 spiro atoms. The SMILES string of the molecule is OCCCN(CC1CCNCC1)C1CCc2ccccc21. The van der Waals surface area contributed by atoms with Gasteiger partial charge in [0.15, 0.2) is 0 Å². The minimum absolute atomic E-state index is 0.303. The van der Waals surface area contributed by atoms with Crippen molar-refractivity contribution in [3.63, 3.8) is 0 Å². The van der Waals surface area contributed by atoms with E-state index in [1.165, 1.54) is 56.4 Å². The molecule has 1 unspecified atom stereocenters. The third-order valence-electron chi connectivity index (χ3n) is 5.10. The molecule has 1 aliphatic heterocycles. The number of nitrogens with one attached hydrogen (secondary N) is 1. The van der Waals surface area contributed by atoms with Crippen molar-refractivity contribution in [2.75, 3.05) is 32.8 Å². The summed E-state index contributed by atoms with van der Waals surface area (Å²) in [6.07, 6.45) is 5.94. The summed E-state index contributed by atoms with van der Waals surface area (Å²) in [5.74, 6) is 0.817. The zero-order valence-electron chi connectivity index (χ0n) is 12.9. The molecule has 2 N–H and O–H groups in total. The molecule has 3 heteroatoms. The summed E-state index contributed by atoms with van der Waals surface area (Å²) in [5, 5.41) is 12.7. The van der Waals surface area contributed by atoms with Crippen molar-refractivity contribution in [2.45, 2.75) is 38.1 Å². The summed E-state index contributed by atoms with van der Waals surface area (Å²) in [4.78, 5) is 2.65. The molecule has 0 radical (unpaired) electrons. The van der Waals surface area contributed by atoms with Gasteiger partial charge in [0.05, 0.1) is 0 Å². The third kappa shape index (κ3) is 3.65. The molecule has 2 aliphatic rings. The van der Waals surface area contributed by atoms with Gasteiger partial charge in [-0.05, 0) is 62.2 Å². The lowest BCUT2D eigenvalue weighted by atomic mass is 9.96. The number of hydrogen-bond donors (Lipinski definition) is 2. The largest absolute Gasteiger partial charge is 0.396 e. The van der Waals surface area contributed by atoms with Crippen LogP contribution in [0, 0.1) is 5.92 Å². The van der Waals surface area contributed by atoms with Gasteiger partial charge in [-0.15, -0.1) is 0 Å². The minimum atomic E-state index is 0.303. The molecular formula is C18H28N2O. The molecule has 1 heterocycles. The van der Waals surface area contributed by atoms with Crippen LogP contribution in [0.3, 0.4) is 0 Å². The lowest BCUT2D eigenvalue weighted by Crippen LogP contribution is -2.38. The highest BCUT2D eigenvalue weighted by molar-refractivity contribution is 5.34. The predicted molar refractivity (Wildman–Crippen MR) is 86.4 cm³/mol. The average molecular weight is 288 g/mol. The van der Waals surface area contributed by atoms with Gasteiger partial charge in [-0.25, -0.2) is 0 Å². The van der Waals surface area contributed by atoms with Crippen molar-refractivity contribution in [1.29, 1.82) is 0 Å². The number of hydrogen-bond acceptors (Lipinski definition) is 3. The summed E-state index contributed by atoms with van der Waals surface area (Å²) in [6.45, 7) is 4.86. The Morgan fingerprint density at radius 1 is 1.14 bits per heavy atom. The molecule has 1 fully saturated rings. The number of nitrogens with zero attached hydrogens (tertiary/aromatic N) is 1. The van der Waals surface area contributed by atoms with Crippen molar-refractivity contribution in [3.05, 3.63) is 35.4 Å². The molecule has 1 aromatic rings. The molecule has 1 atom stereocenters. The van der Waals surface area contributed by atoms with Gasteiger partial charge in [-0.2, -0.15) is 0 Å². The number of aliphatic hydroxyl groups excluding tert-OH is 1. The molecule has 1 aliphatic carbocycles. The summed E-state index contributed by atoms with van der Waals surface area (Å²) < 4.78 is 0. The first-order valence-electron chi connectivity index (χ1n) is 8.52. The van der Waals surface area contributed by atoms with E-state index < -0.39 is 0 Å². The summed E-state index contributed by atoms with van der Waals surface area (Å²) >= 11 is 0. The van der Waals surface area contributed by atoms with Crippen molar-refractivity contribution in [2.24, 2.45) is 5.92 Å². The fourth-order valence-corrected chi connectivity index (χ4v) is 3.96. The minimum Gasteiger partial charge on any atom is -0.396 e. The van der Waals surface area contributed by atoms with Crippen LogP contribution in [-0.4, -0.2) is 42.8 Å².